The number of hydrogen-bond acceptors (Lipinski definition) is 3. The van der Waals surface area contributed by atoms with E-state index in [-0.39, 0.29) is 0 Å². The molecule has 2 heterocycles. The maximum Gasteiger partial charge on any atom is 0.0837 e. The second-order valence-corrected chi connectivity index (χ2v) is 5.25. The molecular formula is C16H24N4. The van der Waals surface area contributed by atoms with Gasteiger partial charge in [-0.25, -0.2) is 0 Å². The summed E-state index contributed by atoms with van der Waals surface area (Å²) in [7, 11) is 0. The Kier molecular flexibility index (Phi) is 4.90. The van der Waals surface area contributed by atoms with Crippen LogP contribution in [0.5, 0.6) is 0 Å². The largest absolute Gasteiger partial charge is 0.313 e. The molecule has 0 aliphatic carbocycles. The molecule has 0 saturated carbocycles. The highest BCUT2D eigenvalue weighted by molar-refractivity contribution is 5.26. The van der Waals surface area contributed by atoms with Crippen molar-refractivity contribution in [3.63, 3.8) is 0 Å². The lowest BCUT2D eigenvalue weighted by Gasteiger charge is -2.08. The molecule has 2 aromatic rings. The van der Waals surface area contributed by atoms with Gasteiger partial charge in [-0.3, -0.25) is 9.67 Å². The highest BCUT2D eigenvalue weighted by Gasteiger charge is 2.12. The molecule has 4 heteroatoms. The predicted molar refractivity (Wildman–Crippen MR) is 81.8 cm³/mol. The third-order valence-corrected chi connectivity index (χ3v) is 3.68. The molecule has 1 N–H and O–H groups in total. The van der Waals surface area contributed by atoms with Crippen LogP contribution < -0.4 is 5.32 Å². The van der Waals surface area contributed by atoms with Gasteiger partial charge in [0.25, 0.3) is 0 Å². The van der Waals surface area contributed by atoms with Gasteiger partial charge in [0.15, 0.2) is 0 Å². The molecule has 0 aliphatic heterocycles. The van der Waals surface area contributed by atoms with Crippen molar-refractivity contribution in [2.24, 2.45) is 0 Å². The van der Waals surface area contributed by atoms with Crippen LogP contribution in [0, 0.1) is 20.8 Å². The Hall–Kier alpha value is -1.68. The Bertz CT molecular complexity index is 572. The Morgan fingerprint density at radius 2 is 2.05 bits per heavy atom. The average Bonchev–Trinajstić information content (AvgIpc) is 2.69. The molecule has 0 atom stereocenters. The van der Waals surface area contributed by atoms with Crippen molar-refractivity contribution >= 4 is 0 Å². The van der Waals surface area contributed by atoms with Gasteiger partial charge >= 0.3 is 0 Å². The minimum Gasteiger partial charge on any atom is -0.313 e. The molecule has 0 radical (unpaired) electrons. The number of nitrogens with zero attached hydrogens (tertiary/aromatic N) is 3. The Labute approximate surface area is 121 Å². The number of aromatic nitrogens is 3. The molecule has 0 spiro atoms. The van der Waals surface area contributed by atoms with Gasteiger partial charge in [0.05, 0.1) is 17.9 Å². The third kappa shape index (κ3) is 3.25. The fourth-order valence-corrected chi connectivity index (χ4v) is 2.36. The maximum atomic E-state index is 4.66. The summed E-state index contributed by atoms with van der Waals surface area (Å²) in [6.07, 6.45) is 3.00. The molecule has 0 saturated heterocycles. The van der Waals surface area contributed by atoms with Crippen molar-refractivity contribution in [1.82, 2.24) is 20.1 Å². The van der Waals surface area contributed by atoms with Crippen LogP contribution in [-0.4, -0.2) is 21.3 Å². The Balaban J connectivity index is 2.17. The van der Waals surface area contributed by atoms with E-state index in [4.69, 9.17) is 0 Å². The van der Waals surface area contributed by atoms with Crippen LogP contribution >= 0.6 is 0 Å². The van der Waals surface area contributed by atoms with Gasteiger partial charge in [-0.2, -0.15) is 5.10 Å². The first kappa shape index (κ1) is 14.7. The van der Waals surface area contributed by atoms with E-state index >= 15 is 0 Å². The summed E-state index contributed by atoms with van der Waals surface area (Å²) in [5.41, 5.74) is 5.96. The standard InChI is InChI=1S/C16H24N4/c1-5-8-17-10-15-13(3)19-20(14(15)4)11-16-12(2)7-6-9-18-16/h6-7,9,17H,5,8,10-11H2,1-4H3. The van der Waals surface area contributed by atoms with Gasteiger partial charge < -0.3 is 5.32 Å². The van der Waals surface area contributed by atoms with E-state index in [0.29, 0.717) is 0 Å². The van der Waals surface area contributed by atoms with E-state index in [1.54, 1.807) is 0 Å². The summed E-state index contributed by atoms with van der Waals surface area (Å²) in [6, 6.07) is 4.07. The van der Waals surface area contributed by atoms with Crippen LogP contribution in [0.15, 0.2) is 18.3 Å². The van der Waals surface area contributed by atoms with Gasteiger partial charge in [-0.1, -0.05) is 13.0 Å². The van der Waals surface area contributed by atoms with Crippen LogP contribution in [0.1, 0.15) is 41.6 Å². The quantitative estimate of drug-likeness (QED) is 0.822. The molecule has 0 bridgehead atoms. The highest BCUT2D eigenvalue weighted by Crippen LogP contribution is 2.15. The molecule has 0 unspecified atom stereocenters. The predicted octanol–water partition coefficient (Wildman–Crippen LogP) is 2.75. The molecule has 108 valence electrons. The van der Waals surface area contributed by atoms with Crippen LogP contribution in [0.25, 0.3) is 0 Å². The van der Waals surface area contributed by atoms with Crippen molar-refractivity contribution in [2.75, 3.05) is 6.54 Å². The summed E-state index contributed by atoms with van der Waals surface area (Å²) < 4.78 is 2.06. The molecule has 20 heavy (non-hydrogen) atoms. The summed E-state index contributed by atoms with van der Waals surface area (Å²) >= 11 is 0. The van der Waals surface area contributed by atoms with Crippen molar-refractivity contribution < 1.29 is 0 Å². The fourth-order valence-electron chi connectivity index (χ4n) is 2.36. The van der Waals surface area contributed by atoms with E-state index in [2.05, 4.69) is 53.8 Å². The maximum absolute atomic E-state index is 4.66. The Morgan fingerprint density at radius 3 is 2.75 bits per heavy atom. The average molecular weight is 272 g/mol. The van der Waals surface area contributed by atoms with E-state index < -0.39 is 0 Å². The minimum atomic E-state index is 0.743. The zero-order valence-corrected chi connectivity index (χ0v) is 12.9. The number of pyridine rings is 1. The van der Waals surface area contributed by atoms with E-state index in [0.717, 1.165) is 37.4 Å². The Morgan fingerprint density at radius 1 is 1.25 bits per heavy atom. The van der Waals surface area contributed by atoms with Crippen molar-refractivity contribution in [1.29, 1.82) is 0 Å². The lowest BCUT2D eigenvalue weighted by Crippen LogP contribution is -2.15. The molecule has 0 fully saturated rings. The van der Waals surface area contributed by atoms with Crippen molar-refractivity contribution in [3.8, 4) is 0 Å². The second kappa shape index (κ2) is 6.66. The lowest BCUT2D eigenvalue weighted by atomic mass is 10.2. The topological polar surface area (TPSA) is 42.7 Å². The number of rotatable bonds is 6. The van der Waals surface area contributed by atoms with Crippen LogP contribution in [0.3, 0.4) is 0 Å². The SMILES string of the molecule is CCCNCc1c(C)nn(Cc2ncccc2C)c1C. The van der Waals surface area contributed by atoms with Gasteiger partial charge in [0, 0.05) is 24.0 Å². The number of hydrogen-bond donors (Lipinski definition) is 1. The number of nitrogens with one attached hydrogen (secondary N) is 1. The number of aryl methyl sites for hydroxylation is 2. The van der Waals surface area contributed by atoms with E-state index in [9.17, 15) is 0 Å². The molecule has 0 aromatic carbocycles. The van der Waals surface area contributed by atoms with Crippen molar-refractivity contribution in [2.45, 2.75) is 47.2 Å². The summed E-state index contributed by atoms with van der Waals surface area (Å²) in [5.74, 6) is 0. The van der Waals surface area contributed by atoms with Crippen LogP contribution in [0.4, 0.5) is 0 Å². The summed E-state index contributed by atoms with van der Waals surface area (Å²) in [5, 5.41) is 8.11. The van der Waals surface area contributed by atoms with Gasteiger partial charge in [0.2, 0.25) is 0 Å². The van der Waals surface area contributed by atoms with Gasteiger partial charge in [-0.05, 0) is 45.4 Å². The summed E-state index contributed by atoms with van der Waals surface area (Å²) in [6.45, 7) is 11.2. The zero-order chi connectivity index (χ0) is 14.5. The third-order valence-electron chi connectivity index (χ3n) is 3.68. The van der Waals surface area contributed by atoms with Crippen molar-refractivity contribution in [3.05, 3.63) is 46.5 Å². The smallest absolute Gasteiger partial charge is 0.0837 e. The molecule has 4 nitrogen and oxygen atoms in total. The van der Waals surface area contributed by atoms with Crippen LogP contribution in [0.2, 0.25) is 0 Å². The van der Waals surface area contributed by atoms with Gasteiger partial charge in [0.1, 0.15) is 0 Å². The monoisotopic (exact) mass is 272 g/mol. The summed E-state index contributed by atoms with van der Waals surface area (Å²) in [4.78, 5) is 4.45. The first-order valence-electron chi connectivity index (χ1n) is 7.27. The van der Waals surface area contributed by atoms with Crippen LogP contribution in [-0.2, 0) is 13.1 Å². The van der Waals surface area contributed by atoms with E-state index in [1.165, 1.54) is 16.8 Å². The zero-order valence-electron chi connectivity index (χ0n) is 12.9. The molecule has 2 rings (SSSR count). The van der Waals surface area contributed by atoms with E-state index in [1.807, 2.05) is 12.3 Å². The highest BCUT2D eigenvalue weighted by atomic mass is 15.3. The fraction of sp³-hybridized carbons (Fsp3) is 0.500. The lowest BCUT2D eigenvalue weighted by molar-refractivity contribution is 0.638. The molecule has 0 aliphatic rings. The minimum absolute atomic E-state index is 0.743. The molecular weight excluding hydrogens is 248 g/mol. The first-order chi connectivity index (χ1) is 9.63. The second-order valence-electron chi connectivity index (χ2n) is 5.25. The first-order valence-corrected chi connectivity index (χ1v) is 7.27. The normalized spacial score (nSPS) is 11.0. The molecule has 0 amide bonds. The van der Waals surface area contributed by atoms with Gasteiger partial charge in [-0.15, -0.1) is 0 Å². The molecule has 2 aromatic heterocycles.